The van der Waals surface area contributed by atoms with Crippen LogP contribution in [0.5, 0.6) is 0 Å². The number of hydrogen-bond donors (Lipinski definition) is 2. The first-order valence-corrected chi connectivity index (χ1v) is 19.2. The molecule has 5 heterocycles. The first-order chi connectivity index (χ1) is 24.6. The molecule has 1 spiro atoms. The quantitative estimate of drug-likeness (QED) is 0.345. The van der Waals surface area contributed by atoms with Crippen LogP contribution in [-0.2, 0) is 14.9 Å². The molecule has 270 valence electrons. The molecule has 10 nitrogen and oxygen atoms in total. The number of anilines is 2. The molecule has 2 N–H and O–H groups in total. The fourth-order valence-corrected chi connectivity index (χ4v) is 9.32. The third-order valence-electron chi connectivity index (χ3n) is 12.3. The van der Waals surface area contributed by atoms with Crippen molar-refractivity contribution in [1.29, 1.82) is 0 Å². The van der Waals surface area contributed by atoms with Gasteiger partial charge in [0.2, 0.25) is 5.91 Å². The summed E-state index contributed by atoms with van der Waals surface area (Å²) in [6.45, 7) is 14.6. The monoisotopic (exact) mass is 691 g/mol. The lowest BCUT2D eigenvalue weighted by molar-refractivity contribution is -0.127. The number of carbonyl (C=O) groups is 2. The second kappa shape index (κ2) is 13.2. The van der Waals surface area contributed by atoms with Crippen molar-refractivity contribution in [3.8, 4) is 0 Å². The van der Waals surface area contributed by atoms with E-state index in [4.69, 9.17) is 14.7 Å². The van der Waals surface area contributed by atoms with Crippen LogP contribution >= 0.6 is 0 Å². The summed E-state index contributed by atoms with van der Waals surface area (Å²) >= 11 is 0. The van der Waals surface area contributed by atoms with Crippen LogP contribution in [0.15, 0.2) is 57.9 Å². The predicted octanol–water partition coefficient (Wildman–Crippen LogP) is 6.14. The van der Waals surface area contributed by atoms with Crippen LogP contribution < -0.4 is 15.5 Å². The van der Waals surface area contributed by atoms with Crippen molar-refractivity contribution in [2.75, 3.05) is 43.1 Å². The minimum atomic E-state index is -0.525. The fourth-order valence-electron chi connectivity index (χ4n) is 9.32. The molecule has 2 amide bonds. The Morgan fingerprint density at radius 1 is 1.04 bits per heavy atom. The molecular weight excluding hydrogens is 638 g/mol. The van der Waals surface area contributed by atoms with Crippen molar-refractivity contribution >= 4 is 35.2 Å². The Morgan fingerprint density at radius 2 is 1.80 bits per heavy atom. The van der Waals surface area contributed by atoms with E-state index in [1.165, 1.54) is 32.4 Å². The van der Waals surface area contributed by atoms with Crippen molar-refractivity contribution in [2.45, 2.75) is 115 Å². The summed E-state index contributed by atoms with van der Waals surface area (Å²) < 4.78 is 5.80. The van der Waals surface area contributed by atoms with Crippen LogP contribution in [0.1, 0.15) is 106 Å². The van der Waals surface area contributed by atoms with E-state index in [9.17, 15) is 9.59 Å². The topological polar surface area (TPSA) is 102 Å². The van der Waals surface area contributed by atoms with Gasteiger partial charge in [0.05, 0.1) is 23.2 Å². The van der Waals surface area contributed by atoms with Crippen LogP contribution in [-0.4, -0.2) is 90.2 Å². The summed E-state index contributed by atoms with van der Waals surface area (Å²) in [7, 11) is 0. The lowest BCUT2D eigenvalue weighted by Crippen LogP contribution is -2.57. The van der Waals surface area contributed by atoms with Gasteiger partial charge in [-0.15, -0.1) is 0 Å². The summed E-state index contributed by atoms with van der Waals surface area (Å²) in [5, 5.41) is 6.56. The SMILES string of the molecule is CCNC(=O)c1cc(NC2=C3N(C(C)C)C=NC3(C)CC(c3ccc4c(c3)N(C3CC(N5CCCCC5)C3)C(=O)C43CCOCC3)=N2)ccc1C. The summed E-state index contributed by atoms with van der Waals surface area (Å²) in [5.74, 6) is 0.904. The number of fused-ring (bicyclic) bond motifs is 3. The van der Waals surface area contributed by atoms with Crippen LogP contribution in [0.4, 0.5) is 11.4 Å². The molecule has 2 saturated heterocycles. The van der Waals surface area contributed by atoms with Gasteiger partial charge in [-0.25, -0.2) is 4.99 Å². The van der Waals surface area contributed by atoms with Crippen molar-refractivity contribution in [1.82, 2.24) is 15.1 Å². The van der Waals surface area contributed by atoms with E-state index in [2.05, 4.69) is 64.3 Å². The second-order valence-corrected chi connectivity index (χ2v) is 15.9. The molecule has 2 aromatic rings. The lowest BCUT2D eigenvalue weighted by atomic mass is 9.74. The second-order valence-electron chi connectivity index (χ2n) is 15.9. The van der Waals surface area contributed by atoms with Crippen LogP contribution in [0.2, 0.25) is 0 Å². The van der Waals surface area contributed by atoms with E-state index < -0.39 is 11.0 Å². The number of carbonyl (C=O) groups excluding carboxylic acids is 2. The first kappa shape index (κ1) is 34.1. The summed E-state index contributed by atoms with van der Waals surface area (Å²) in [5.41, 5.74) is 6.52. The maximum Gasteiger partial charge on any atom is 0.251 e. The molecular formula is C41H53N7O3. The molecule has 8 rings (SSSR count). The normalized spacial score (nSPS) is 27.1. The van der Waals surface area contributed by atoms with E-state index in [1.54, 1.807) is 0 Å². The Bertz CT molecular complexity index is 1810. The Hall–Kier alpha value is -4.02. The number of nitrogens with one attached hydrogen (secondary N) is 2. The molecule has 1 atom stereocenters. The van der Waals surface area contributed by atoms with Gasteiger partial charge in [-0.3, -0.25) is 14.6 Å². The van der Waals surface area contributed by atoms with Crippen LogP contribution in [0.3, 0.4) is 0 Å². The molecule has 0 bridgehead atoms. The third-order valence-corrected chi connectivity index (χ3v) is 12.3. The average molecular weight is 692 g/mol. The zero-order valence-corrected chi connectivity index (χ0v) is 30.9. The molecule has 6 aliphatic rings. The third kappa shape index (κ3) is 5.79. The van der Waals surface area contributed by atoms with Gasteiger partial charge in [-0.1, -0.05) is 24.6 Å². The number of amides is 2. The standard InChI is InChI=1S/C41H53N7O3/c1-6-42-38(49)32-21-29(12-10-27(32)4)44-37-36-40(5,43-25-47(36)26(2)3)24-34(45-37)28-11-13-33-35(20-28)48(39(50)41(33)14-18-51-19-15-41)31-22-30(23-31)46-16-8-7-9-17-46/h10-13,20-21,25-26,30-31,44H,6-9,14-19,22-24H2,1-5H3,(H,42,49). The molecule has 51 heavy (non-hydrogen) atoms. The summed E-state index contributed by atoms with van der Waals surface area (Å²) in [6, 6.07) is 13.5. The number of hydrogen-bond acceptors (Lipinski definition) is 8. The Morgan fingerprint density at radius 3 is 2.53 bits per heavy atom. The maximum atomic E-state index is 14.6. The van der Waals surface area contributed by atoms with Gasteiger partial charge in [-0.05, 0) is 121 Å². The zero-order chi connectivity index (χ0) is 35.5. The molecule has 0 radical (unpaired) electrons. The molecule has 10 heteroatoms. The fraction of sp³-hybridized carbons (Fsp3) is 0.561. The molecule has 2 aromatic carbocycles. The highest BCUT2D eigenvalue weighted by atomic mass is 16.5. The van der Waals surface area contributed by atoms with Gasteiger partial charge in [0, 0.05) is 61.2 Å². The van der Waals surface area contributed by atoms with Gasteiger partial charge >= 0.3 is 0 Å². The maximum absolute atomic E-state index is 14.6. The Labute approximate surface area is 302 Å². The molecule has 1 unspecified atom stereocenters. The number of aliphatic imine (C=N–C) groups is 2. The predicted molar refractivity (Wildman–Crippen MR) is 203 cm³/mol. The number of rotatable bonds is 8. The van der Waals surface area contributed by atoms with Gasteiger partial charge in [0.1, 0.15) is 5.54 Å². The number of piperidine rings is 1. The van der Waals surface area contributed by atoms with Crippen LogP contribution in [0.25, 0.3) is 0 Å². The van der Waals surface area contributed by atoms with E-state index >= 15 is 0 Å². The molecule has 5 aliphatic heterocycles. The molecule has 1 saturated carbocycles. The minimum absolute atomic E-state index is 0.0877. The van der Waals surface area contributed by atoms with E-state index in [1.807, 2.05) is 38.4 Å². The van der Waals surface area contributed by atoms with Crippen LogP contribution in [0, 0.1) is 6.92 Å². The number of aryl methyl sites for hydroxylation is 1. The molecule has 0 aromatic heterocycles. The van der Waals surface area contributed by atoms with E-state index in [0.717, 1.165) is 71.0 Å². The number of likely N-dealkylation sites (tertiary alicyclic amines) is 1. The number of benzene rings is 2. The van der Waals surface area contributed by atoms with Gasteiger partial charge in [-0.2, -0.15) is 0 Å². The van der Waals surface area contributed by atoms with Crippen molar-refractivity contribution in [2.24, 2.45) is 9.98 Å². The number of nitrogens with zero attached hydrogens (tertiary/aromatic N) is 5. The van der Waals surface area contributed by atoms with Crippen molar-refractivity contribution in [3.63, 3.8) is 0 Å². The Kier molecular flexibility index (Phi) is 8.82. The van der Waals surface area contributed by atoms with E-state index in [0.29, 0.717) is 37.8 Å². The number of ether oxygens (including phenoxy) is 1. The summed E-state index contributed by atoms with van der Waals surface area (Å²) in [6.07, 6.45) is 10.0. The smallest absolute Gasteiger partial charge is 0.251 e. The van der Waals surface area contributed by atoms with Gasteiger partial charge in [0.15, 0.2) is 5.82 Å². The highest BCUT2D eigenvalue weighted by molar-refractivity contribution is 6.11. The minimum Gasteiger partial charge on any atom is -0.381 e. The largest absolute Gasteiger partial charge is 0.381 e. The molecule has 3 fully saturated rings. The van der Waals surface area contributed by atoms with Gasteiger partial charge in [0.25, 0.3) is 5.91 Å². The highest BCUT2D eigenvalue weighted by Crippen LogP contribution is 2.52. The highest BCUT2D eigenvalue weighted by Gasteiger charge is 2.55. The van der Waals surface area contributed by atoms with E-state index in [-0.39, 0.29) is 23.9 Å². The van der Waals surface area contributed by atoms with Crippen molar-refractivity contribution < 1.29 is 14.3 Å². The summed E-state index contributed by atoms with van der Waals surface area (Å²) in [4.78, 5) is 45.0. The zero-order valence-electron chi connectivity index (χ0n) is 30.9. The Balaban J connectivity index is 1.17. The average Bonchev–Trinajstić information content (AvgIpc) is 3.58. The first-order valence-electron chi connectivity index (χ1n) is 19.2. The lowest BCUT2D eigenvalue weighted by Gasteiger charge is -2.48. The van der Waals surface area contributed by atoms with Gasteiger partial charge < -0.3 is 30.1 Å². The van der Waals surface area contributed by atoms with Crippen molar-refractivity contribution in [3.05, 3.63) is 70.2 Å². The molecule has 1 aliphatic carbocycles.